The summed E-state index contributed by atoms with van der Waals surface area (Å²) >= 11 is 0. The van der Waals surface area contributed by atoms with E-state index in [4.69, 9.17) is 30.9 Å². The molecule has 0 bridgehead atoms. The van der Waals surface area contributed by atoms with Crippen LogP contribution in [-0.2, 0) is 24.1 Å². The number of rotatable bonds is 9. The van der Waals surface area contributed by atoms with Gasteiger partial charge in [0.1, 0.15) is 33.9 Å². The van der Waals surface area contributed by atoms with Gasteiger partial charge in [-0.05, 0) is 89.5 Å². The van der Waals surface area contributed by atoms with E-state index in [1.807, 2.05) is 41.1 Å². The number of aromatic nitrogens is 6. The molecular formula is C45H45FN10O2. The fourth-order valence-corrected chi connectivity index (χ4v) is 8.75. The number of halogens is 1. The van der Waals surface area contributed by atoms with E-state index in [0.29, 0.717) is 54.3 Å². The molecule has 0 amide bonds. The van der Waals surface area contributed by atoms with Gasteiger partial charge in [0.15, 0.2) is 0 Å². The Hall–Kier alpha value is -6.31. The summed E-state index contributed by atoms with van der Waals surface area (Å²) in [6.45, 7) is 6.02. The highest BCUT2D eigenvalue weighted by atomic mass is 19.1. The van der Waals surface area contributed by atoms with Crippen molar-refractivity contribution in [2.75, 3.05) is 62.9 Å². The van der Waals surface area contributed by atoms with Gasteiger partial charge in [0.2, 0.25) is 11.9 Å². The summed E-state index contributed by atoms with van der Waals surface area (Å²) in [6, 6.07) is 24.4. The molecule has 58 heavy (non-hydrogen) atoms. The van der Waals surface area contributed by atoms with Crippen molar-refractivity contribution in [1.29, 1.82) is 0 Å². The monoisotopic (exact) mass is 776 g/mol. The molecular weight excluding hydrogens is 732 g/mol. The number of methoxy groups -OCH3 is 1. The fourth-order valence-electron chi connectivity index (χ4n) is 8.75. The van der Waals surface area contributed by atoms with Gasteiger partial charge in [-0.15, -0.1) is 0 Å². The van der Waals surface area contributed by atoms with E-state index in [1.165, 1.54) is 47.7 Å². The molecule has 0 saturated carbocycles. The van der Waals surface area contributed by atoms with E-state index in [-0.39, 0.29) is 11.5 Å². The Morgan fingerprint density at radius 2 is 1.29 bits per heavy atom. The summed E-state index contributed by atoms with van der Waals surface area (Å²) < 4.78 is 29.6. The van der Waals surface area contributed by atoms with Gasteiger partial charge in [-0.25, -0.2) is 24.3 Å². The van der Waals surface area contributed by atoms with E-state index < -0.39 is 5.82 Å². The summed E-state index contributed by atoms with van der Waals surface area (Å²) in [6.07, 6.45) is 8.77. The quantitative estimate of drug-likeness (QED) is 0.157. The van der Waals surface area contributed by atoms with Crippen LogP contribution in [0.4, 0.5) is 22.0 Å². The van der Waals surface area contributed by atoms with Gasteiger partial charge in [-0.3, -0.25) is 13.7 Å². The Kier molecular flexibility index (Phi) is 9.26. The highest BCUT2D eigenvalue weighted by Gasteiger charge is 2.21. The lowest BCUT2D eigenvalue weighted by Gasteiger charge is -2.31. The summed E-state index contributed by atoms with van der Waals surface area (Å²) in [5.74, 6) is 0.828. The summed E-state index contributed by atoms with van der Waals surface area (Å²) in [4.78, 5) is 24.1. The number of nitrogens with zero attached hydrogens (tertiary/aromatic N) is 8. The lowest BCUT2D eigenvalue weighted by atomic mass is 9.94. The van der Waals surface area contributed by atoms with Crippen LogP contribution in [0.1, 0.15) is 47.3 Å². The molecule has 4 aromatic heterocycles. The van der Waals surface area contributed by atoms with Gasteiger partial charge in [-0.2, -0.15) is 0 Å². The molecule has 0 unspecified atom stereocenters. The van der Waals surface area contributed by atoms with Gasteiger partial charge in [0.05, 0.1) is 31.7 Å². The SMILES string of the molecule is COc1cccc2c1nc(N)n1cc(Cc3cc(-c4ccc(Cc5cn6c(N)nc7c(F)cccc7c6n5)c(CN5CCOCC5)c4)ccc3N3CCCCC3)nc21. The maximum Gasteiger partial charge on any atom is 0.206 e. The molecule has 4 aromatic carbocycles. The average Bonchev–Trinajstić information content (AvgIpc) is 3.88. The first-order valence-corrected chi connectivity index (χ1v) is 20.0. The minimum atomic E-state index is -0.415. The molecule has 0 radical (unpaired) electrons. The van der Waals surface area contributed by atoms with Crippen molar-refractivity contribution in [2.45, 2.75) is 38.6 Å². The van der Waals surface area contributed by atoms with Crippen LogP contribution >= 0.6 is 0 Å². The van der Waals surface area contributed by atoms with E-state index in [9.17, 15) is 4.39 Å². The van der Waals surface area contributed by atoms with E-state index in [2.05, 4.69) is 56.2 Å². The van der Waals surface area contributed by atoms with Gasteiger partial charge < -0.3 is 25.8 Å². The van der Waals surface area contributed by atoms with E-state index in [0.717, 1.165) is 66.3 Å². The van der Waals surface area contributed by atoms with Crippen molar-refractivity contribution in [3.05, 3.63) is 119 Å². The lowest BCUT2D eigenvalue weighted by Crippen LogP contribution is -2.35. The number of nitrogens with two attached hydrogens (primary N) is 2. The molecule has 2 aliphatic heterocycles. The predicted molar refractivity (Wildman–Crippen MR) is 226 cm³/mol. The van der Waals surface area contributed by atoms with Crippen molar-refractivity contribution in [2.24, 2.45) is 0 Å². The molecule has 294 valence electrons. The third-order valence-corrected chi connectivity index (χ3v) is 11.7. The minimum absolute atomic E-state index is 0.205. The Morgan fingerprint density at radius 1 is 0.672 bits per heavy atom. The number of piperidine rings is 1. The highest BCUT2D eigenvalue weighted by Crippen LogP contribution is 2.34. The molecule has 12 nitrogen and oxygen atoms in total. The number of hydrogen-bond donors (Lipinski definition) is 2. The summed E-state index contributed by atoms with van der Waals surface area (Å²) in [5, 5.41) is 1.52. The van der Waals surface area contributed by atoms with Crippen molar-refractivity contribution in [3.8, 4) is 16.9 Å². The number of fused-ring (bicyclic) bond motifs is 6. The highest BCUT2D eigenvalue weighted by molar-refractivity contribution is 5.96. The largest absolute Gasteiger partial charge is 0.494 e. The maximum absolute atomic E-state index is 14.7. The molecule has 0 spiro atoms. The number of morpholine rings is 1. The molecule has 2 aliphatic rings. The zero-order chi connectivity index (χ0) is 39.3. The predicted octanol–water partition coefficient (Wildman–Crippen LogP) is 7.06. The lowest BCUT2D eigenvalue weighted by molar-refractivity contribution is 0.0341. The van der Waals surface area contributed by atoms with Gasteiger partial charge >= 0.3 is 0 Å². The molecule has 4 N–H and O–H groups in total. The standard InChI is InChI=1S/C45H45FN10O2/c1-57-39-10-6-8-36-41(39)52-45(48)56-27-34(50-43(36)56)24-31-21-29(13-14-38(31)54-15-3-2-4-16-54)28-11-12-30(32(22-28)25-53-17-19-58-20-18-53)23-33-26-55-42(49-33)35-7-5-9-37(46)40(35)51-44(55)47/h5-14,21-22,26-27H,2-4,15-20,23-25H2,1H3,(H2,47,51)(H2,48,52). The number of nitrogen functional groups attached to an aromatic ring is 2. The second-order valence-electron chi connectivity index (χ2n) is 15.4. The fraction of sp³-hybridized carbons (Fsp3) is 0.289. The van der Waals surface area contributed by atoms with Crippen molar-refractivity contribution in [3.63, 3.8) is 0 Å². The summed E-state index contributed by atoms with van der Waals surface area (Å²) in [7, 11) is 1.64. The zero-order valence-corrected chi connectivity index (χ0v) is 32.5. The van der Waals surface area contributed by atoms with Crippen LogP contribution in [0.3, 0.4) is 0 Å². The van der Waals surface area contributed by atoms with Crippen LogP contribution in [0.15, 0.2) is 85.2 Å². The van der Waals surface area contributed by atoms with Crippen LogP contribution in [0.25, 0.3) is 44.2 Å². The first-order chi connectivity index (χ1) is 28.4. The van der Waals surface area contributed by atoms with E-state index in [1.54, 1.807) is 17.6 Å². The zero-order valence-electron chi connectivity index (χ0n) is 32.5. The van der Waals surface area contributed by atoms with E-state index >= 15 is 0 Å². The van der Waals surface area contributed by atoms with Crippen LogP contribution in [-0.4, -0.2) is 80.1 Å². The molecule has 2 fully saturated rings. The van der Waals surface area contributed by atoms with Crippen molar-refractivity contribution in [1.82, 2.24) is 33.6 Å². The third-order valence-electron chi connectivity index (χ3n) is 11.7. The molecule has 2 saturated heterocycles. The molecule has 10 rings (SSSR count). The smallest absolute Gasteiger partial charge is 0.206 e. The number of imidazole rings is 2. The molecule has 13 heteroatoms. The van der Waals surface area contributed by atoms with Crippen molar-refractivity contribution < 1.29 is 13.9 Å². The van der Waals surface area contributed by atoms with Gasteiger partial charge in [0.25, 0.3) is 0 Å². The normalized spacial score (nSPS) is 15.3. The molecule has 6 heterocycles. The number of ether oxygens (including phenoxy) is 2. The molecule has 0 aliphatic carbocycles. The molecule has 0 atom stereocenters. The average molecular weight is 777 g/mol. The van der Waals surface area contributed by atoms with Crippen LogP contribution in [0, 0.1) is 5.82 Å². The first kappa shape index (κ1) is 36.1. The van der Waals surface area contributed by atoms with Crippen LogP contribution < -0.4 is 21.1 Å². The molecule has 8 aromatic rings. The van der Waals surface area contributed by atoms with Crippen LogP contribution in [0.5, 0.6) is 5.75 Å². The Balaban J connectivity index is 1.03. The Morgan fingerprint density at radius 3 is 2.00 bits per heavy atom. The number of benzene rings is 4. The summed E-state index contributed by atoms with van der Waals surface area (Å²) in [5.41, 5.74) is 24.0. The second-order valence-corrected chi connectivity index (χ2v) is 15.4. The topological polar surface area (TPSA) is 137 Å². The number of para-hydroxylation sites is 2. The van der Waals surface area contributed by atoms with Gasteiger partial charge in [-0.1, -0.05) is 30.3 Å². The second kappa shape index (κ2) is 14.9. The Bertz CT molecular complexity index is 2840. The van der Waals surface area contributed by atoms with Crippen LogP contribution in [0.2, 0.25) is 0 Å². The number of anilines is 3. The Labute approximate surface area is 334 Å². The third kappa shape index (κ3) is 6.59. The van der Waals surface area contributed by atoms with Gasteiger partial charge in [0, 0.05) is 74.4 Å². The number of hydrogen-bond acceptors (Lipinski definition) is 10. The minimum Gasteiger partial charge on any atom is -0.494 e. The first-order valence-electron chi connectivity index (χ1n) is 20.0. The van der Waals surface area contributed by atoms with Crippen molar-refractivity contribution >= 4 is 50.7 Å². The maximum atomic E-state index is 14.7.